The van der Waals surface area contributed by atoms with E-state index in [-0.39, 0.29) is 11.9 Å². The van der Waals surface area contributed by atoms with Crippen LogP contribution in [-0.2, 0) is 17.6 Å². The minimum absolute atomic E-state index is 0.0899. The molecule has 5 nitrogen and oxygen atoms in total. The smallest absolute Gasteiger partial charge is 0.227 e. The van der Waals surface area contributed by atoms with Gasteiger partial charge in [0.2, 0.25) is 5.91 Å². The summed E-state index contributed by atoms with van der Waals surface area (Å²) in [6, 6.07) is 14.1. The maximum Gasteiger partial charge on any atom is 0.227 e. The SMILES string of the molecule is COc1cc2c(cc1OC)[C@@H](c1cccs1)N(C(=O)Cc1coc3cc(C)ccc13)CC2. The molecule has 0 fully saturated rings. The molecule has 0 unspecified atom stereocenters. The van der Waals surface area contributed by atoms with Gasteiger partial charge in [-0.05, 0) is 59.7 Å². The number of methoxy groups -OCH3 is 2. The average molecular weight is 448 g/mol. The van der Waals surface area contributed by atoms with Gasteiger partial charge in [0.1, 0.15) is 5.58 Å². The Balaban J connectivity index is 1.52. The molecule has 0 spiro atoms. The van der Waals surface area contributed by atoms with E-state index >= 15 is 0 Å². The normalized spacial score (nSPS) is 15.6. The lowest BCUT2D eigenvalue weighted by molar-refractivity contribution is -0.132. The van der Waals surface area contributed by atoms with E-state index in [1.165, 1.54) is 5.56 Å². The number of thiophene rings is 1. The first-order valence-corrected chi connectivity index (χ1v) is 11.5. The van der Waals surface area contributed by atoms with E-state index < -0.39 is 0 Å². The summed E-state index contributed by atoms with van der Waals surface area (Å²) in [5, 5.41) is 3.05. The van der Waals surface area contributed by atoms with Crippen molar-refractivity contribution in [2.24, 2.45) is 0 Å². The Morgan fingerprint density at radius 1 is 1.16 bits per heavy atom. The third-order valence-electron chi connectivity index (χ3n) is 6.16. The summed E-state index contributed by atoms with van der Waals surface area (Å²) in [6.07, 6.45) is 2.79. The van der Waals surface area contributed by atoms with Crippen LogP contribution in [0.25, 0.3) is 11.0 Å². The van der Waals surface area contributed by atoms with Gasteiger partial charge >= 0.3 is 0 Å². The first-order valence-electron chi connectivity index (χ1n) is 10.6. The van der Waals surface area contributed by atoms with Crippen LogP contribution in [0.15, 0.2) is 58.5 Å². The lowest BCUT2D eigenvalue weighted by Crippen LogP contribution is -2.41. The maximum absolute atomic E-state index is 13.6. The van der Waals surface area contributed by atoms with Gasteiger partial charge in [0.25, 0.3) is 0 Å². The van der Waals surface area contributed by atoms with Crippen molar-refractivity contribution < 1.29 is 18.7 Å². The van der Waals surface area contributed by atoms with Gasteiger partial charge < -0.3 is 18.8 Å². The number of ether oxygens (including phenoxy) is 2. The van der Waals surface area contributed by atoms with Gasteiger partial charge in [0.15, 0.2) is 11.5 Å². The van der Waals surface area contributed by atoms with Gasteiger partial charge in [-0.3, -0.25) is 4.79 Å². The topological polar surface area (TPSA) is 51.9 Å². The van der Waals surface area contributed by atoms with Gasteiger partial charge in [0, 0.05) is 22.4 Å². The summed E-state index contributed by atoms with van der Waals surface area (Å²) in [4.78, 5) is 16.7. The number of hydrogen-bond acceptors (Lipinski definition) is 5. The van der Waals surface area contributed by atoms with Crippen molar-refractivity contribution in [1.29, 1.82) is 0 Å². The van der Waals surface area contributed by atoms with Gasteiger partial charge in [-0.15, -0.1) is 11.3 Å². The summed E-state index contributed by atoms with van der Waals surface area (Å²) < 4.78 is 16.8. The summed E-state index contributed by atoms with van der Waals surface area (Å²) >= 11 is 1.67. The van der Waals surface area contributed by atoms with Crippen molar-refractivity contribution in [2.75, 3.05) is 20.8 Å². The van der Waals surface area contributed by atoms with Crippen molar-refractivity contribution in [3.05, 3.63) is 81.2 Å². The molecule has 1 aliphatic heterocycles. The number of hydrogen-bond donors (Lipinski definition) is 0. The fourth-order valence-electron chi connectivity index (χ4n) is 4.56. The minimum Gasteiger partial charge on any atom is -0.493 e. The lowest BCUT2D eigenvalue weighted by atomic mass is 9.90. The Hall–Kier alpha value is -3.25. The maximum atomic E-state index is 13.6. The Labute approximate surface area is 191 Å². The number of benzene rings is 2. The predicted octanol–water partition coefficient (Wildman–Crippen LogP) is 5.54. The van der Waals surface area contributed by atoms with Crippen LogP contribution < -0.4 is 9.47 Å². The number of carbonyl (C=O) groups is 1. The molecule has 2 aromatic heterocycles. The number of nitrogens with zero attached hydrogens (tertiary/aromatic N) is 1. The first kappa shape index (κ1) is 20.6. The summed E-state index contributed by atoms with van der Waals surface area (Å²) in [5.74, 6) is 1.49. The van der Waals surface area contributed by atoms with Gasteiger partial charge in [-0.2, -0.15) is 0 Å². The molecule has 4 aromatic rings. The first-order chi connectivity index (χ1) is 15.6. The van der Waals surface area contributed by atoms with Crippen LogP contribution in [0.2, 0.25) is 0 Å². The molecule has 5 rings (SSSR count). The molecule has 0 aliphatic carbocycles. The van der Waals surface area contributed by atoms with Crippen molar-refractivity contribution >= 4 is 28.2 Å². The van der Waals surface area contributed by atoms with Crippen molar-refractivity contribution in [3.63, 3.8) is 0 Å². The molecule has 164 valence electrons. The molecule has 1 aliphatic rings. The summed E-state index contributed by atoms with van der Waals surface area (Å²) in [5.41, 5.74) is 5.17. The van der Waals surface area contributed by atoms with Crippen LogP contribution in [0.4, 0.5) is 0 Å². The fourth-order valence-corrected chi connectivity index (χ4v) is 5.41. The van der Waals surface area contributed by atoms with E-state index in [0.29, 0.717) is 18.7 Å². The molecule has 3 heterocycles. The van der Waals surface area contributed by atoms with E-state index in [1.807, 2.05) is 42.2 Å². The van der Waals surface area contributed by atoms with Crippen LogP contribution in [0.3, 0.4) is 0 Å². The Morgan fingerprint density at radius 3 is 2.72 bits per heavy atom. The van der Waals surface area contributed by atoms with Crippen LogP contribution in [-0.4, -0.2) is 31.6 Å². The molecule has 2 aromatic carbocycles. The highest BCUT2D eigenvalue weighted by molar-refractivity contribution is 7.10. The van der Waals surface area contributed by atoms with Crippen LogP contribution in [0.5, 0.6) is 11.5 Å². The number of rotatable bonds is 5. The highest BCUT2D eigenvalue weighted by atomic mass is 32.1. The number of carbonyl (C=O) groups excluding carboxylic acids is 1. The number of furan rings is 1. The molecule has 1 atom stereocenters. The molecule has 0 N–H and O–H groups in total. The largest absolute Gasteiger partial charge is 0.493 e. The number of amides is 1. The van der Waals surface area contributed by atoms with Gasteiger partial charge in [0.05, 0.1) is 32.9 Å². The average Bonchev–Trinajstić information content (AvgIpc) is 3.47. The molecule has 32 heavy (non-hydrogen) atoms. The van der Waals surface area contributed by atoms with E-state index in [1.54, 1.807) is 31.8 Å². The van der Waals surface area contributed by atoms with Crippen molar-refractivity contribution in [2.45, 2.75) is 25.8 Å². The second-order valence-electron chi connectivity index (χ2n) is 8.10. The fraction of sp³-hybridized carbons (Fsp3) is 0.269. The molecule has 0 radical (unpaired) electrons. The molecular weight excluding hydrogens is 422 g/mol. The van der Waals surface area contributed by atoms with Gasteiger partial charge in [-0.1, -0.05) is 18.2 Å². The monoisotopic (exact) mass is 447 g/mol. The third-order valence-corrected chi connectivity index (χ3v) is 7.08. The lowest BCUT2D eigenvalue weighted by Gasteiger charge is -2.37. The molecule has 6 heteroatoms. The summed E-state index contributed by atoms with van der Waals surface area (Å²) in [7, 11) is 3.29. The van der Waals surface area contributed by atoms with E-state index in [0.717, 1.165) is 44.7 Å². The zero-order valence-corrected chi connectivity index (χ0v) is 19.2. The Morgan fingerprint density at radius 2 is 1.97 bits per heavy atom. The van der Waals surface area contributed by atoms with E-state index in [9.17, 15) is 4.79 Å². The number of fused-ring (bicyclic) bond motifs is 2. The Bertz CT molecular complexity index is 1270. The second kappa shape index (κ2) is 8.36. The van der Waals surface area contributed by atoms with Crippen LogP contribution in [0, 0.1) is 6.92 Å². The van der Waals surface area contributed by atoms with Crippen LogP contribution >= 0.6 is 11.3 Å². The second-order valence-corrected chi connectivity index (χ2v) is 9.08. The zero-order chi connectivity index (χ0) is 22.2. The number of aryl methyl sites for hydroxylation is 1. The standard InChI is InChI=1S/C26H25NO4S/c1-16-6-7-19-18(15-31-21(19)11-16)13-25(28)27-9-8-17-12-22(29-2)23(30-3)14-20(17)26(27)24-5-4-10-32-24/h4-7,10-12,14-15,26H,8-9,13H2,1-3H3/t26-/m0/s1. The highest BCUT2D eigenvalue weighted by Crippen LogP contribution is 2.42. The van der Waals surface area contributed by atoms with E-state index in [2.05, 4.69) is 17.5 Å². The molecule has 0 bridgehead atoms. The molecule has 0 saturated carbocycles. The molecule has 0 saturated heterocycles. The summed E-state index contributed by atoms with van der Waals surface area (Å²) in [6.45, 7) is 2.69. The molecular formula is C26H25NO4S. The Kier molecular flexibility index (Phi) is 5.39. The molecule has 1 amide bonds. The highest BCUT2D eigenvalue weighted by Gasteiger charge is 2.34. The zero-order valence-electron chi connectivity index (χ0n) is 18.4. The minimum atomic E-state index is -0.147. The van der Waals surface area contributed by atoms with E-state index in [4.69, 9.17) is 13.9 Å². The predicted molar refractivity (Wildman–Crippen MR) is 126 cm³/mol. The van der Waals surface area contributed by atoms with Crippen LogP contribution in [0.1, 0.15) is 33.2 Å². The van der Waals surface area contributed by atoms with Crippen molar-refractivity contribution in [1.82, 2.24) is 4.90 Å². The van der Waals surface area contributed by atoms with Crippen molar-refractivity contribution in [3.8, 4) is 11.5 Å². The quantitative estimate of drug-likeness (QED) is 0.403. The van der Waals surface area contributed by atoms with Gasteiger partial charge in [-0.25, -0.2) is 0 Å². The third kappa shape index (κ3) is 3.54.